The van der Waals surface area contributed by atoms with Crippen LogP contribution in [0.5, 0.6) is 0 Å². The second-order valence-electron chi connectivity index (χ2n) is 4.57. The number of aromatic nitrogens is 1. The van der Waals surface area contributed by atoms with Crippen LogP contribution in [-0.2, 0) is 0 Å². The van der Waals surface area contributed by atoms with E-state index in [0.717, 1.165) is 10.9 Å². The Morgan fingerprint density at radius 1 is 1.33 bits per heavy atom. The Bertz CT molecular complexity index is 592. The van der Waals surface area contributed by atoms with Gasteiger partial charge in [0, 0.05) is 24.7 Å². The largest absolute Gasteiger partial charge is 0.391 e. The van der Waals surface area contributed by atoms with Crippen LogP contribution in [0.4, 0.5) is 0 Å². The standard InChI is InChI=1S/C14H14N2O2/c17-10-6-8-16(9-10)14(18)12-5-7-15-13-4-2-1-3-11(12)13/h1-5,7,10,17H,6,8-9H2. The zero-order chi connectivity index (χ0) is 12.5. The van der Waals surface area contributed by atoms with Crippen LogP contribution in [0.3, 0.4) is 0 Å². The van der Waals surface area contributed by atoms with Gasteiger partial charge in [-0.25, -0.2) is 0 Å². The molecular weight excluding hydrogens is 228 g/mol. The van der Waals surface area contributed by atoms with Crippen LogP contribution in [0.15, 0.2) is 36.5 Å². The molecule has 4 heteroatoms. The van der Waals surface area contributed by atoms with Crippen molar-refractivity contribution in [1.82, 2.24) is 9.88 Å². The summed E-state index contributed by atoms with van der Waals surface area (Å²) in [6, 6.07) is 9.35. The summed E-state index contributed by atoms with van der Waals surface area (Å²) in [5, 5.41) is 10.4. The molecule has 1 amide bonds. The number of para-hydroxylation sites is 1. The first-order valence-electron chi connectivity index (χ1n) is 6.07. The molecule has 1 fully saturated rings. The van der Waals surface area contributed by atoms with Crippen LogP contribution in [0, 0.1) is 0 Å². The van der Waals surface area contributed by atoms with E-state index in [-0.39, 0.29) is 12.0 Å². The molecule has 1 atom stereocenters. The molecule has 1 aromatic carbocycles. The molecule has 1 aliphatic heterocycles. The van der Waals surface area contributed by atoms with E-state index in [9.17, 15) is 9.90 Å². The van der Waals surface area contributed by atoms with Gasteiger partial charge in [0.1, 0.15) is 0 Å². The number of nitrogens with zero attached hydrogens (tertiary/aromatic N) is 2. The highest BCUT2D eigenvalue weighted by atomic mass is 16.3. The van der Waals surface area contributed by atoms with Crippen LogP contribution < -0.4 is 0 Å². The molecule has 1 saturated heterocycles. The number of β-amino-alcohol motifs (C(OH)–C–C–N with tert-alkyl or cyclic N) is 1. The molecule has 0 radical (unpaired) electrons. The molecule has 0 aliphatic carbocycles. The topological polar surface area (TPSA) is 53.4 Å². The molecule has 0 spiro atoms. The van der Waals surface area contributed by atoms with Gasteiger partial charge in [0.15, 0.2) is 0 Å². The van der Waals surface area contributed by atoms with Crippen LogP contribution >= 0.6 is 0 Å². The molecule has 0 bridgehead atoms. The summed E-state index contributed by atoms with van der Waals surface area (Å²) in [5.74, 6) is -0.0230. The monoisotopic (exact) mass is 242 g/mol. The van der Waals surface area contributed by atoms with Crippen molar-refractivity contribution >= 4 is 16.8 Å². The van der Waals surface area contributed by atoms with E-state index in [1.165, 1.54) is 0 Å². The molecule has 0 saturated carbocycles. The van der Waals surface area contributed by atoms with E-state index in [1.807, 2.05) is 24.3 Å². The average Bonchev–Trinajstić information content (AvgIpc) is 2.84. The van der Waals surface area contributed by atoms with Crippen LogP contribution in [0.2, 0.25) is 0 Å². The molecular formula is C14H14N2O2. The number of fused-ring (bicyclic) bond motifs is 1. The lowest BCUT2D eigenvalue weighted by molar-refractivity contribution is 0.0767. The maximum Gasteiger partial charge on any atom is 0.254 e. The lowest BCUT2D eigenvalue weighted by atomic mass is 10.1. The van der Waals surface area contributed by atoms with Crippen LogP contribution in [0.25, 0.3) is 10.9 Å². The lowest BCUT2D eigenvalue weighted by Crippen LogP contribution is -2.29. The smallest absolute Gasteiger partial charge is 0.254 e. The fourth-order valence-electron chi connectivity index (χ4n) is 2.38. The lowest BCUT2D eigenvalue weighted by Gasteiger charge is -2.16. The van der Waals surface area contributed by atoms with Gasteiger partial charge in [-0.2, -0.15) is 0 Å². The van der Waals surface area contributed by atoms with Gasteiger partial charge in [-0.05, 0) is 18.6 Å². The van der Waals surface area contributed by atoms with E-state index in [1.54, 1.807) is 17.2 Å². The SMILES string of the molecule is O=C(c1ccnc2ccccc12)N1CCC(O)C1. The number of aliphatic hydroxyl groups is 1. The number of carbonyl (C=O) groups is 1. The third-order valence-electron chi connectivity index (χ3n) is 3.33. The van der Waals surface area contributed by atoms with Crippen molar-refractivity contribution in [3.05, 3.63) is 42.1 Å². The summed E-state index contributed by atoms with van der Waals surface area (Å²) in [6.07, 6.45) is 1.93. The number of benzene rings is 1. The highest BCUT2D eigenvalue weighted by Gasteiger charge is 2.26. The van der Waals surface area contributed by atoms with Crippen molar-refractivity contribution in [3.8, 4) is 0 Å². The Balaban J connectivity index is 2.01. The number of hydrogen-bond acceptors (Lipinski definition) is 3. The predicted octanol–water partition coefficient (Wildman–Crippen LogP) is 1.44. The summed E-state index contributed by atoms with van der Waals surface area (Å²) in [4.78, 5) is 18.3. The quantitative estimate of drug-likeness (QED) is 0.823. The van der Waals surface area contributed by atoms with Crippen LogP contribution in [-0.4, -0.2) is 40.1 Å². The summed E-state index contributed by atoms with van der Waals surface area (Å²) in [5.41, 5.74) is 1.48. The first-order chi connectivity index (χ1) is 8.75. The first kappa shape index (κ1) is 11.2. The Morgan fingerprint density at radius 3 is 2.94 bits per heavy atom. The van der Waals surface area contributed by atoms with Crippen molar-refractivity contribution in [2.24, 2.45) is 0 Å². The van der Waals surface area contributed by atoms with Crippen LogP contribution in [0.1, 0.15) is 16.8 Å². The Morgan fingerprint density at radius 2 is 2.17 bits per heavy atom. The molecule has 4 nitrogen and oxygen atoms in total. The predicted molar refractivity (Wildman–Crippen MR) is 68.3 cm³/mol. The highest BCUT2D eigenvalue weighted by Crippen LogP contribution is 2.20. The van der Waals surface area contributed by atoms with Crippen molar-refractivity contribution < 1.29 is 9.90 Å². The summed E-state index contributed by atoms with van der Waals surface area (Å²) < 4.78 is 0. The average molecular weight is 242 g/mol. The van der Waals surface area contributed by atoms with E-state index in [0.29, 0.717) is 25.1 Å². The Kier molecular flexibility index (Phi) is 2.72. The van der Waals surface area contributed by atoms with Gasteiger partial charge < -0.3 is 10.0 Å². The fourth-order valence-corrected chi connectivity index (χ4v) is 2.38. The van der Waals surface area contributed by atoms with Crippen molar-refractivity contribution in [1.29, 1.82) is 0 Å². The molecule has 1 aliphatic rings. The van der Waals surface area contributed by atoms with Gasteiger partial charge in [0.2, 0.25) is 0 Å². The molecule has 2 heterocycles. The van der Waals surface area contributed by atoms with Gasteiger partial charge in [-0.1, -0.05) is 18.2 Å². The molecule has 1 N–H and O–H groups in total. The van der Waals surface area contributed by atoms with Gasteiger partial charge in [-0.3, -0.25) is 9.78 Å². The minimum absolute atomic E-state index is 0.0230. The van der Waals surface area contributed by atoms with Crippen molar-refractivity contribution in [2.75, 3.05) is 13.1 Å². The number of hydrogen-bond donors (Lipinski definition) is 1. The summed E-state index contributed by atoms with van der Waals surface area (Å²) in [7, 11) is 0. The molecule has 1 unspecified atom stereocenters. The number of likely N-dealkylation sites (tertiary alicyclic amines) is 1. The third-order valence-corrected chi connectivity index (χ3v) is 3.33. The highest BCUT2D eigenvalue weighted by molar-refractivity contribution is 6.06. The van der Waals surface area contributed by atoms with Crippen molar-refractivity contribution in [3.63, 3.8) is 0 Å². The second kappa shape index (κ2) is 4.38. The molecule has 3 rings (SSSR count). The molecule has 2 aromatic rings. The van der Waals surface area contributed by atoms with Gasteiger partial charge in [0.25, 0.3) is 5.91 Å². The Labute approximate surface area is 105 Å². The summed E-state index contributed by atoms with van der Waals surface area (Å²) >= 11 is 0. The normalized spacial score (nSPS) is 19.4. The van der Waals surface area contributed by atoms with Gasteiger partial charge in [0.05, 0.1) is 17.2 Å². The fraction of sp³-hybridized carbons (Fsp3) is 0.286. The maximum absolute atomic E-state index is 12.4. The molecule has 92 valence electrons. The number of pyridine rings is 1. The molecule has 18 heavy (non-hydrogen) atoms. The maximum atomic E-state index is 12.4. The number of aliphatic hydroxyl groups excluding tert-OH is 1. The first-order valence-corrected chi connectivity index (χ1v) is 6.07. The second-order valence-corrected chi connectivity index (χ2v) is 4.57. The summed E-state index contributed by atoms with van der Waals surface area (Å²) in [6.45, 7) is 1.05. The van der Waals surface area contributed by atoms with Gasteiger partial charge >= 0.3 is 0 Å². The minimum Gasteiger partial charge on any atom is -0.391 e. The number of rotatable bonds is 1. The third kappa shape index (κ3) is 1.84. The van der Waals surface area contributed by atoms with E-state index < -0.39 is 0 Å². The minimum atomic E-state index is -0.387. The van der Waals surface area contributed by atoms with E-state index >= 15 is 0 Å². The zero-order valence-corrected chi connectivity index (χ0v) is 9.91. The van der Waals surface area contributed by atoms with E-state index in [2.05, 4.69) is 4.98 Å². The molecule has 1 aromatic heterocycles. The van der Waals surface area contributed by atoms with Crippen molar-refractivity contribution in [2.45, 2.75) is 12.5 Å². The van der Waals surface area contributed by atoms with Gasteiger partial charge in [-0.15, -0.1) is 0 Å². The van der Waals surface area contributed by atoms with E-state index in [4.69, 9.17) is 0 Å². The number of amides is 1. The number of carbonyl (C=O) groups excluding carboxylic acids is 1. The zero-order valence-electron chi connectivity index (χ0n) is 9.91. The Hall–Kier alpha value is -1.94.